The highest BCUT2D eigenvalue weighted by atomic mass is 35.5. The van der Waals surface area contributed by atoms with Crippen LogP contribution in [0.15, 0.2) is 176 Å². The fourth-order valence-electron chi connectivity index (χ4n) is 11.9. The summed E-state index contributed by atoms with van der Waals surface area (Å²) >= 11 is 13.4. The van der Waals surface area contributed by atoms with Gasteiger partial charge in [0.1, 0.15) is 72.5 Å². The van der Waals surface area contributed by atoms with Gasteiger partial charge >= 0.3 is 0 Å². The lowest BCUT2D eigenvalue weighted by Gasteiger charge is -2.50. The Kier molecular flexibility index (Phi) is 20.2. The average molecular weight is 1260 g/mol. The van der Waals surface area contributed by atoms with Gasteiger partial charge in [-0.05, 0) is 126 Å². The van der Waals surface area contributed by atoms with Crippen molar-refractivity contribution in [2.75, 3.05) is 52.9 Å². The van der Waals surface area contributed by atoms with Gasteiger partial charge in [0.2, 0.25) is 11.6 Å². The van der Waals surface area contributed by atoms with Crippen LogP contribution in [-0.4, -0.2) is 138 Å². The molecule has 4 aliphatic heterocycles. The summed E-state index contributed by atoms with van der Waals surface area (Å²) in [5, 5.41) is 53.7. The summed E-state index contributed by atoms with van der Waals surface area (Å²) < 4.78 is 69.0. The fourth-order valence-corrected chi connectivity index (χ4v) is 12.3. The van der Waals surface area contributed by atoms with E-state index < -0.39 is 66.0 Å². The number of benzene rings is 7. The normalized spacial score (nSPS) is 27.6. The first-order chi connectivity index (χ1) is 43.4. The van der Waals surface area contributed by atoms with Crippen molar-refractivity contribution in [2.24, 2.45) is 0 Å². The third kappa shape index (κ3) is 14.4. The van der Waals surface area contributed by atoms with Crippen molar-refractivity contribution in [3.8, 4) is 11.5 Å². The van der Waals surface area contributed by atoms with Crippen molar-refractivity contribution < 1.29 is 77.6 Å². The molecule has 7 aromatic rings. The van der Waals surface area contributed by atoms with Crippen LogP contribution in [0.2, 0.25) is 10.0 Å². The molecule has 0 spiro atoms. The van der Waals surface area contributed by atoms with Gasteiger partial charge in [0.05, 0.1) is 71.7 Å². The second-order valence-electron chi connectivity index (χ2n) is 23.7. The minimum Gasteiger partial charge on any atom is -0.491 e. The predicted molar refractivity (Wildman–Crippen MR) is 330 cm³/mol. The van der Waals surface area contributed by atoms with Gasteiger partial charge < -0.3 is 77.6 Å². The van der Waals surface area contributed by atoms with Crippen molar-refractivity contribution in [3.63, 3.8) is 0 Å². The van der Waals surface area contributed by atoms with Gasteiger partial charge in [-0.25, -0.2) is 0 Å². The van der Waals surface area contributed by atoms with E-state index in [0.717, 1.165) is 76.1 Å². The minimum atomic E-state index is -1.72. The van der Waals surface area contributed by atoms with E-state index in [0.29, 0.717) is 79.3 Å². The van der Waals surface area contributed by atoms with E-state index in [1.54, 1.807) is 18.2 Å². The first-order valence-electron chi connectivity index (χ1n) is 30.6. The number of fused-ring (bicyclic) bond motifs is 4. The number of aliphatic hydroxyl groups excluding tert-OH is 5. The summed E-state index contributed by atoms with van der Waals surface area (Å²) in [5.74, 6) is -1.62. The zero-order valence-corrected chi connectivity index (χ0v) is 50.9. The third-order valence-electron chi connectivity index (χ3n) is 17.2. The molecule has 2 saturated carbocycles. The molecule has 89 heavy (non-hydrogen) atoms. The van der Waals surface area contributed by atoms with E-state index in [4.69, 9.17) is 75.3 Å². The smallest absolute Gasteiger partial charge is 0.225 e. The van der Waals surface area contributed by atoms with Gasteiger partial charge in [-0.15, -0.1) is 0 Å². The molecule has 4 bridgehead atoms. The van der Waals surface area contributed by atoms with Gasteiger partial charge in [0, 0.05) is 21.2 Å². The van der Waals surface area contributed by atoms with Crippen LogP contribution in [0.25, 0.3) is 0 Å². The average Bonchev–Trinajstić information content (AvgIpc) is 1.64. The zero-order chi connectivity index (χ0) is 61.4. The minimum absolute atomic E-state index is 0.0600. The molecule has 2 aliphatic carbocycles. The van der Waals surface area contributed by atoms with Crippen LogP contribution in [-0.2, 0) is 86.9 Å². The Bertz CT molecular complexity index is 3400. The van der Waals surface area contributed by atoms with Crippen LogP contribution < -0.4 is 9.47 Å². The van der Waals surface area contributed by atoms with E-state index in [1.165, 1.54) is 0 Å². The number of hydrogen-bond donors (Lipinski definition) is 5. The molecule has 4 saturated heterocycles. The molecule has 470 valence electrons. The number of hydrogen-bond acceptors (Lipinski definition) is 16. The van der Waals surface area contributed by atoms with Crippen molar-refractivity contribution in [2.45, 2.75) is 130 Å². The SMILES string of the molecule is OC[C@]12CO[C@](c3ccc(Cl)c(Cc4ccc(OCCOC5CC5)cc4)c3)(O1)[C@H](O)[C@@H](O)[C@@H]2O.OC[C@]12CO[C@](c3ccc(Cl)c(Cc4ccc(OCCOC5CC5)cc4)c3)(O1)[C@H](OCc1ccccc1)[C@@H](OCc1ccccc1)[C@@H]2OCc1ccccc1. The highest BCUT2D eigenvalue weighted by molar-refractivity contribution is 6.31. The predicted octanol–water partition coefficient (Wildman–Crippen LogP) is 9.70. The molecule has 0 aromatic heterocycles. The summed E-state index contributed by atoms with van der Waals surface area (Å²) in [6, 6.07) is 56.5. The lowest BCUT2D eigenvalue weighted by Crippen LogP contribution is -2.67. The Balaban J connectivity index is 0.000000193. The van der Waals surface area contributed by atoms with E-state index >= 15 is 0 Å². The molecule has 16 nitrogen and oxygen atoms in total. The maximum absolute atomic E-state index is 11.2. The van der Waals surface area contributed by atoms with E-state index in [9.17, 15) is 25.5 Å². The second-order valence-corrected chi connectivity index (χ2v) is 24.5. The van der Waals surface area contributed by atoms with Crippen molar-refractivity contribution in [3.05, 3.63) is 236 Å². The van der Waals surface area contributed by atoms with Crippen LogP contribution in [0.1, 0.15) is 75.8 Å². The van der Waals surface area contributed by atoms with Crippen molar-refractivity contribution in [1.82, 2.24) is 0 Å². The molecule has 6 aliphatic rings. The molecule has 6 fully saturated rings. The van der Waals surface area contributed by atoms with Crippen LogP contribution in [0.3, 0.4) is 0 Å². The molecule has 10 atom stereocenters. The van der Waals surface area contributed by atoms with E-state index in [-0.39, 0.29) is 33.0 Å². The maximum Gasteiger partial charge on any atom is 0.225 e. The summed E-state index contributed by atoms with van der Waals surface area (Å²) in [5.41, 5.74) is 5.07. The number of ether oxygens (including phenoxy) is 11. The highest BCUT2D eigenvalue weighted by Gasteiger charge is 2.70. The maximum atomic E-state index is 11.2. The Hall–Kier alpha value is -5.84. The summed E-state index contributed by atoms with van der Waals surface area (Å²) in [7, 11) is 0. The zero-order valence-electron chi connectivity index (χ0n) is 49.4. The third-order valence-corrected chi connectivity index (χ3v) is 17.9. The van der Waals surface area contributed by atoms with Gasteiger partial charge in [-0.1, -0.05) is 151 Å². The van der Waals surface area contributed by atoms with Crippen LogP contribution in [0.5, 0.6) is 11.5 Å². The topological polar surface area (TPSA) is 203 Å². The van der Waals surface area contributed by atoms with Crippen LogP contribution >= 0.6 is 23.2 Å². The van der Waals surface area contributed by atoms with Gasteiger partial charge in [-0.3, -0.25) is 0 Å². The summed E-state index contributed by atoms with van der Waals surface area (Å²) in [6.45, 7) is 1.99. The molecular formula is C71H76Cl2O16. The molecule has 18 heteroatoms. The summed E-state index contributed by atoms with van der Waals surface area (Å²) in [6.07, 6.45) is -0.408. The lowest BCUT2D eigenvalue weighted by molar-refractivity contribution is -0.353. The Labute approximate surface area is 528 Å². The quantitative estimate of drug-likeness (QED) is 0.0304. The van der Waals surface area contributed by atoms with Crippen LogP contribution in [0, 0.1) is 0 Å². The Morgan fingerprint density at radius 1 is 0.427 bits per heavy atom. The number of rotatable bonds is 27. The molecule has 0 amide bonds. The first-order valence-corrected chi connectivity index (χ1v) is 31.3. The highest BCUT2D eigenvalue weighted by Crippen LogP contribution is 2.54. The molecule has 5 N–H and O–H groups in total. The molecule has 0 radical (unpaired) electrons. The molecule has 0 unspecified atom stereocenters. The Morgan fingerprint density at radius 2 is 0.854 bits per heavy atom. The molecular weight excluding hydrogens is 1180 g/mol. The van der Waals surface area contributed by atoms with Crippen LogP contribution in [0.4, 0.5) is 0 Å². The number of halogens is 2. The van der Waals surface area contributed by atoms with Gasteiger partial charge in [0.15, 0.2) is 0 Å². The van der Waals surface area contributed by atoms with Crippen molar-refractivity contribution >= 4 is 23.2 Å². The molecule has 4 heterocycles. The van der Waals surface area contributed by atoms with E-state index in [1.807, 2.05) is 158 Å². The second kappa shape index (κ2) is 28.4. The fraction of sp³-hybridized carbons (Fsp3) is 0.408. The van der Waals surface area contributed by atoms with E-state index in [2.05, 4.69) is 0 Å². The molecule has 13 rings (SSSR count). The van der Waals surface area contributed by atoms with Crippen molar-refractivity contribution in [1.29, 1.82) is 0 Å². The lowest BCUT2D eigenvalue weighted by atomic mass is 9.83. The van der Waals surface area contributed by atoms with Gasteiger partial charge in [0.25, 0.3) is 0 Å². The number of aliphatic hydroxyl groups is 5. The van der Waals surface area contributed by atoms with Gasteiger partial charge in [-0.2, -0.15) is 0 Å². The standard InChI is InChI=1S/C46H47ClO8.C25H29ClO8/c47-41-23-18-38(27-37(41)26-33-16-19-39(20-17-33)49-24-25-50-40-21-22-40)46-44(53-30-36-14-8-3-9-15-36)42(51-28-34-10-4-1-5-11-34)43(45(31-48,55-46)32-54-46)52-29-35-12-6-2-7-13-35;26-20-8-3-17(25-23(30)21(28)22(29)24(13-27,34-25)14-33-25)12-16(20)11-15-1-4-18(5-2-15)31-9-10-32-19-6-7-19/h1-20,23,27,40,42-44,48H,21-22,24-26,28-32H2;1-5,8,12,19,21-23,27-30H,6-7,9-11,13-14H2/t42-,43-,44+,45+,46+;21-,22-,23+,24+,25+/m00/s1. The monoisotopic (exact) mass is 1250 g/mol. The Morgan fingerprint density at radius 3 is 1.33 bits per heavy atom. The molecule has 7 aromatic carbocycles. The first kappa shape index (κ1) is 63.3. The summed E-state index contributed by atoms with van der Waals surface area (Å²) in [4.78, 5) is 0. The largest absolute Gasteiger partial charge is 0.491 e.